The number of hydrogen-bond acceptors (Lipinski definition) is 3. The first-order chi connectivity index (χ1) is 9.49. The standard InChI is InChI=1S/C16H21BrO3/c1-5-12(16(18)19-4)8-9-20-15-7-6-13(17)10-14(15)11(2)3/h6-8,10-11H,5,9H2,1-4H3/b12-8-. The van der Waals surface area contributed by atoms with Gasteiger partial charge in [0, 0.05) is 10.0 Å². The van der Waals surface area contributed by atoms with Crippen molar-refractivity contribution in [1.82, 2.24) is 0 Å². The Kier molecular flexibility index (Phi) is 6.79. The van der Waals surface area contributed by atoms with Gasteiger partial charge < -0.3 is 9.47 Å². The Labute approximate surface area is 129 Å². The van der Waals surface area contributed by atoms with Crippen LogP contribution < -0.4 is 4.74 Å². The summed E-state index contributed by atoms with van der Waals surface area (Å²) in [5.74, 6) is 0.925. The Balaban J connectivity index is 2.80. The van der Waals surface area contributed by atoms with E-state index in [2.05, 4.69) is 35.8 Å². The highest BCUT2D eigenvalue weighted by Crippen LogP contribution is 2.29. The van der Waals surface area contributed by atoms with Crippen LogP contribution in [0.15, 0.2) is 34.3 Å². The Morgan fingerprint density at radius 1 is 1.40 bits per heavy atom. The molecule has 0 fully saturated rings. The highest BCUT2D eigenvalue weighted by atomic mass is 79.9. The smallest absolute Gasteiger partial charge is 0.333 e. The first-order valence-corrected chi connectivity index (χ1v) is 7.48. The van der Waals surface area contributed by atoms with Gasteiger partial charge in [0.15, 0.2) is 0 Å². The number of carbonyl (C=O) groups excluding carboxylic acids is 1. The second-order valence-electron chi connectivity index (χ2n) is 4.72. The van der Waals surface area contributed by atoms with Crippen LogP contribution in [0.4, 0.5) is 0 Å². The van der Waals surface area contributed by atoms with Crippen molar-refractivity contribution in [3.63, 3.8) is 0 Å². The Bertz CT molecular complexity index is 492. The van der Waals surface area contributed by atoms with Crippen LogP contribution in [0.3, 0.4) is 0 Å². The SMILES string of the molecule is CC/C(=C/COc1ccc(Br)cc1C(C)C)C(=O)OC. The lowest BCUT2D eigenvalue weighted by atomic mass is 10.0. The first-order valence-electron chi connectivity index (χ1n) is 6.69. The van der Waals surface area contributed by atoms with Crippen molar-refractivity contribution in [2.75, 3.05) is 13.7 Å². The predicted molar refractivity (Wildman–Crippen MR) is 84.1 cm³/mol. The molecule has 0 aliphatic carbocycles. The molecule has 0 heterocycles. The fraction of sp³-hybridized carbons (Fsp3) is 0.438. The Morgan fingerprint density at radius 3 is 2.65 bits per heavy atom. The molecule has 0 aliphatic rings. The van der Waals surface area contributed by atoms with Crippen molar-refractivity contribution in [1.29, 1.82) is 0 Å². The first kappa shape index (κ1) is 16.8. The molecule has 0 saturated carbocycles. The van der Waals surface area contributed by atoms with Gasteiger partial charge in [-0.2, -0.15) is 0 Å². The van der Waals surface area contributed by atoms with Crippen molar-refractivity contribution in [2.24, 2.45) is 0 Å². The Morgan fingerprint density at radius 2 is 2.10 bits per heavy atom. The Hall–Kier alpha value is -1.29. The summed E-state index contributed by atoms with van der Waals surface area (Å²) < 4.78 is 11.5. The lowest BCUT2D eigenvalue weighted by Crippen LogP contribution is -2.07. The molecule has 4 heteroatoms. The lowest BCUT2D eigenvalue weighted by Gasteiger charge is -2.13. The average Bonchev–Trinajstić information content (AvgIpc) is 2.44. The molecule has 0 unspecified atom stereocenters. The molecule has 0 radical (unpaired) electrons. The van der Waals surface area contributed by atoms with Crippen molar-refractivity contribution < 1.29 is 14.3 Å². The molecule has 20 heavy (non-hydrogen) atoms. The van der Waals surface area contributed by atoms with Gasteiger partial charge in [-0.1, -0.05) is 36.7 Å². The van der Waals surface area contributed by atoms with Crippen LogP contribution in [-0.4, -0.2) is 19.7 Å². The summed E-state index contributed by atoms with van der Waals surface area (Å²) in [5, 5.41) is 0. The van der Waals surface area contributed by atoms with Crippen LogP contribution in [-0.2, 0) is 9.53 Å². The van der Waals surface area contributed by atoms with Gasteiger partial charge in [0.2, 0.25) is 0 Å². The molecule has 0 saturated heterocycles. The molecule has 3 nitrogen and oxygen atoms in total. The molecule has 0 aliphatic heterocycles. The van der Waals surface area contributed by atoms with E-state index in [0.717, 1.165) is 15.8 Å². The predicted octanol–water partition coefficient (Wildman–Crippen LogP) is 4.46. The minimum Gasteiger partial charge on any atom is -0.489 e. The van der Waals surface area contributed by atoms with Gasteiger partial charge in [0.25, 0.3) is 0 Å². The highest BCUT2D eigenvalue weighted by molar-refractivity contribution is 9.10. The molecule has 1 aromatic carbocycles. The van der Waals surface area contributed by atoms with E-state index in [1.807, 2.05) is 19.1 Å². The molecule has 110 valence electrons. The van der Waals surface area contributed by atoms with E-state index in [-0.39, 0.29) is 5.97 Å². The van der Waals surface area contributed by atoms with Gasteiger partial charge in [-0.05, 0) is 42.2 Å². The summed E-state index contributed by atoms with van der Waals surface area (Å²) >= 11 is 3.47. The van der Waals surface area contributed by atoms with Crippen LogP contribution in [0.25, 0.3) is 0 Å². The number of carbonyl (C=O) groups is 1. The summed E-state index contributed by atoms with van der Waals surface area (Å²) in [6.45, 7) is 6.52. The number of halogens is 1. The molecule has 0 spiro atoms. The van der Waals surface area contributed by atoms with E-state index >= 15 is 0 Å². The number of rotatable bonds is 6. The average molecular weight is 341 g/mol. The molecule has 0 amide bonds. The third kappa shape index (κ3) is 4.67. The van der Waals surface area contributed by atoms with Crippen LogP contribution >= 0.6 is 15.9 Å². The summed E-state index contributed by atoms with van der Waals surface area (Å²) in [5.41, 5.74) is 1.78. The topological polar surface area (TPSA) is 35.5 Å². The van der Waals surface area contributed by atoms with Gasteiger partial charge in [-0.15, -0.1) is 0 Å². The quantitative estimate of drug-likeness (QED) is 0.566. The van der Waals surface area contributed by atoms with Gasteiger partial charge in [-0.3, -0.25) is 0 Å². The van der Waals surface area contributed by atoms with Crippen molar-refractivity contribution in [3.05, 3.63) is 39.9 Å². The van der Waals surface area contributed by atoms with E-state index in [4.69, 9.17) is 9.47 Å². The van der Waals surface area contributed by atoms with Crippen LogP contribution in [0, 0.1) is 0 Å². The molecule has 0 atom stereocenters. The molecule has 0 bridgehead atoms. The lowest BCUT2D eigenvalue weighted by molar-refractivity contribution is -0.136. The maximum Gasteiger partial charge on any atom is 0.333 e. The van der Waals surface area contributed by atoms with Gasteiger partial charge >= 0.3 is 5.97 Å². The monoisotopic (exact) mass is 340 g/mol. The molecule has 0 aromatic heterocycles. The minimum atomic E-state index is -0.295. The normalized spacial score (nSPS) is 11.6. The maximum atomic E-state index is 11.5. The zero-order valence-corrected chi connectivity index (χ0v) is 14.0. The molecular weight excluding hydrogens is 320 g/mol. The minimum absolute atomic E-state index is 0.295. The second kappa shape index (κ2) is 8.10. The van der Waals surface area contributed by atoms with E-state index < -0.39 is 0 Å². The fourth-order valence-corrected chi connectivity index (χ4v) is 2.22. The molecular formula is C16H21BrO3. The van der Waals surface area contributed by atoms with Crippen LogP contribution in [0.2, 0.25) is 0 Å². The fourth-order valence-electron chi connectivity index (χ4n) is 1.84. The number of ether oxygens (including phenoxy) is 2. The van der Waals surface area contributed by atoms with E-state index in [0.29, 0.717) is 24.5 Å². The third-order valence-electron chi connectivity index (χ3n) is 2.99. The third-order valence-corrected chi connectivity index (χ3v) is 3.48. The number of benzene rings is 1. The van der Waals surface area contributed by atoms with Crippen molar-refractivity contribution in [2.45, 2.75) is 33.1 Å². The molecule has 0 N–H and O–H groups in total. The summed E-state index contributed by atoms with van der Waals surface area (Å²) in [6, 6.07) is 5.95. The molecule has 1 aromatic rings. The maximum absolute atomic E-state index is 11.5. The highest BCUT2D eigenvalue weighted by Gasteiger charge is 2.09. The molecule has 1 rings (SSSR count). The van der Waals surface area contributed by atoms with Crippen LogP contribution in [0.1, 0.15) is 38.7 Å². The summed E-state index contributed by atoms with van der Waals surface area (Å²) in [4.78, 5) is 11.5. The zero-order valence-electron chi connectivity index (χ0n) is 12.4. The number of methoxy groups -OCH3 is 1. The number of hydrogen-bond donors (Lipinski definition) is 0. The van der Waals surface area contributed by atoms with Crippen molar-refractivity contribution in [3.8, 4) is 5.75 Å². The van der Waals surface area contributed by atoms with Crippen LogP contribution in [0.5, 0.6) is 5.75 Å². The van der Waals surface area contributed by atoms with Gasteiger partial charge in [0.1, 0.15) is 12.4 Å². The van der Waals surface area contributed by atoms with Gasteiger partial charge in [0.05, 0.1) is 7.11 Å². The van der Waals surface area contributed by atoms with Gasteiger partial charge in [-0.25, -0.2) is 4.79 Å². The van der Waals surface area contributed by atoms with E-state index in [9.17, 15) is 4.79 Å². The van der Waals surface area contributed by atoms with Crippen molar-refractivity contribution >= 4 is 21.9 Å². The summed E-state index contributed by atoms with van der Waals surface area (Å²) in [6.07, 6.45) is 2.41. The number of esters is 1. The largest absolute Gasteiger partial charge is 0.489 e. The zero-order chi connectivity index (χ0) is 15.1. The summed E-state index contributed by atoms with van der Waals surface area (Å²) in [7, 11) is 1.39. The van der Waals surface area contributed by atoms with E-state index in [1.165, 1.54) is 7.11 Å². The van der Waals surface area contributed by atoms with E-state index in [1.54, 1.807) is 6.08 Å². The second-order valence-corrected chi connectivity index (χ2v) is 5.64.